The Morgan fingerprint density at radius 2 is 1.88 bits per heavy atom. The molecule has 14 heteroatoms. The molecule has 4 heterocycles. The largest absolute Gasteiger partial charge is 0.508 e. The number of carboxylic acids is 1. The van der Waals surface area contributed by atoms with Crippen molar-refractivity contribution in [2.24, 2.45) is 5.16 Å². The van der Waals surface area contributed by atoms with Gasteiger partial charge in [-0.3, -0.25) is 19.3 Å². The molecule has 13 nitrogen and oxygen atoms in total. The van der Waals surface area contributed by atoms with Gasteiger partial charge in [-0.25, -0.2) is 9.78 Å². The molecule has 43 heavy (non-hydrogen) atoms. The number of thiazole rings is 1. The van der Waals surface area contributed by atoms with Gasteiger partial charge in [-0.2, -0.15) is 0 Å². The number of carboxylic acid groups (broad SMARTS) is 1. The molecule has 0 bridgehead atoms. The molecule has 3 aliphatic heterocycles. The van der Waals surface area contributed by atoms with Crippen LogP contribution in [0.2, 0.25) is 0 Å². The normalized spacial score (nSPS) is 23.5. The molecule has 0 radical (unpaired) electrons. The van der Waals surface area contributed by atoms with Gasteiger partial charge in [-0.05, 0) is 80.9 Å². The summed E-state index contributed by atoms with van der Waals surface area (Å²) in [5, 5.41) is 28.3. The van der Waals surface area contributed by atoms with E-state index in [-0.39, 0.29) is 40.0 Å². The molecule has 0 spiro atoms. The van der Waals surface area contributed by atoms with Gasteiger partial charge in [0.25, 0.3) is 17.7 Å². The van der Waals surface area contributed by atoms with Crippen molar-refractivity contribution in [2.45, 2.75) is 63.1 Å². The number of anilines is 2. The van der Waals surface area contributed by atoms with E-state index in [2.05, 4.69) is 15.5 Å². The molecule has 0 unspecified atom stereocenters. The number of amides is 3. The number of benzene rings is 1. The van der Waals surface area contributed by atoms with Crippen molar-refractivity contribution in [1.82, 2.24) is 15.2 Å². The van der Waals surface area contributed by atoms with Crippen molar-refractivity contribution < 1.29 is 34.2 Å². The van der Waals surface area contributed by atoms with Crippen LogP contribution in [-0.2, 0) is 24.0 Å². The van der Waals surface area contributed by atoms with E-state index in [9.17, 15) is 29.4 Å². The molecule has 6 rings (SSSR count). The number of aliphatic carboxylic acids is 1. The molecule has 3 amide bonds. The van der Waals surface area contributed by atoms with Gasteiger partial charge in [0.2, 0.25) is 0 Å². The van der Waals surface area contributed by atoms with E-state index in [1.807, 2.05) is 0 Å². The van der Waals surface area contributed by atoms with Gasteiger partial charge in [0.05, 0.1) is 6.04 Å². The minimum atomic E-state index is -1.29. The quantitative estimate of drug-likeness (QED) is 0.151. The summed E-state index contributed by atoms with van der Waals surface area (Å²) in [6.45, 7) is 0.406. The Balaban J connectivity index is 1.19. The number of hydrogen-bond donors (Lipinski definition) is 4. The molecular formula is C29H30N6O7S. The topological polar surface area (TPSA) is 188 Å². The van der Waals surface area contributed by atoms with Crippen molar-refractivity contribution in [3.05, 3.63) is 58.3 Å². The number of allylic oxidation sites excluding steroid dienone is 2. The van der Waals surface area contributed by atoms with Gasteiger partial charge in [-0.1, -0.05) is 5.16 Å². The molecule has 1 aliphatic carbocycles. The number of oxime groups is 1. The summed E-state index contributed by atoms with van der Waals surface area (Å²) in [6.07, 6.45) is 6.25. The Hall–Kier alpha value is -4.72. The first-order chi connectivity index (χ1) is 20.7. The number of carbonyl (C=O) groups excluding carboxylic acids is 3. The number of aromatic hydroxyl groups is 1. The standard InChI is InChI=1S/C29H30N6O7S/c30-29-31-20(14-43-29)22(33-42-19-3-1-2-4-19)25(37)32-23-21-10-5-15(24(28(40)41)35(21)27(23)39)13-16-11-12-34(26(16)38)17-6-8-18(36)9-7-17/h6-9,13-14,19,21,23,36H,1-5,10-12H2,(H2,30,31)(H,32,37)(H,40,41)/t21-,23+/m1/s1. The summed E-state index contributed by atoms with van der Waals surface area (Å²) in [7, 11) is 0. The summed E-state index contributed by atoms with van der Waals surface area (Å²) in [6, 6.07) is 4.72. The number of rotatable bonds is 8. The fourth-order valence-corrected chi connectivity index (χ4v) is 6.55. The van der Waals surface area contributed by atoms with Gasteiger partial charge in [-0.15, -0.1) is 11.3 Å². The number of carbonyl (C=O) groups is 4. The zero-order valence-electron chi connectivity index (χ0n) is 23.1. The van der Waals surface area contributed by atoms with E-state index in [0.29, 0.717) is 42.6 Å². The number of phenols is 1. The number of aromatic nitrogens is 1. The van der Waals surface area contributed by atoms with Crippen LogP contribution in [0, 0.1) is 0 Å². The molecule has 2 atom stereocenters. The summed E-state index contributed by atoms with van der Waals surface area (Å²) in [4.78, 5) is 64.6. The smallest absolute Gasteiger partial charge is 0.352 e. The first-order valence-corrected chi connectivity index (χ1v) is 15.0. The molecule has 1 aromatic carbocycles. The number of nitrogens with zero attached hydrogens (tertiary/aromatic N) is 4. The number of nitrogen functional groups attached to an aromatic ring is 1. The Kier molecular flexibility index (Phi) is 7.61. The van der Waals surface area contributed by atoms with Crippen molar-refractivity contribution in [3.63, 3.8) is 0 Å². The average Bonchev–Trinajstić information content (AvgIpc) is 3.75. The lowest BCUT2D eigenvalue weighted by Gasteiger charge is -2.50. The second-order valence-corrected chi connectivity index (χ2v) is 11.7. The van der Waals surface area contributed by atoms with E-state index in [1.54, 1.807) is 28.5 Å². The van der Waals surface area contributed by atoms with E-state index >= 15 is 0 Å². The highest BCUT2D eigenvalue weighted by Gasteiger charge is 2.53. The lowest BCUT2D eigenvalue weighted by Crippen LogP contribution is -2.72. The van der Waals surface area contributed by atoms with Crippen LogP contribution in [0.4, 0.5) is 10.8 Å². The lowest BCUT2D eigenvalue weighted by molar-refractivity contribution is -0.155. The molecule has 1 saturated carbocycles. The number of fused-ring (bicyclic) bond motifs is 1. The van der Waals surface area contributed by atoms with E-state index < -0.39 is 29.9 Å². The average molecular weight is 607 g/mol. The zero-order valence-corrected chi connectivity index (χ0v) is 23.9. The van der Waals surface area contributed by atoms with E-state index in [0.717, 1.165) is 37.0 Å². The van der Waals surface area contributed by atoms with Gasteiger partial charge in [0.15, 0.2) is 10.8 Å². The van der Waals surface area contributed by atoms with Crippen LogP contribution in [0.25, 0.3) is 0 Å². The first-order valence-electron chi connectivity index (χ1n) is 14.1. The van der Waals surface area contributed by atoms with Gasteiger partial charge in [0.1, 0.15) is 29.3 Å². The van der Waals surface area contributed by atoms with Crippen LogP contribution >= 0.6 is 11.3 Å². The molecule has 2 aromatic rings. The predicted molar refractivity (Wildman–Crippen MR) is 156 cm³/mol. The highest BCUT2D eigenvalue weighted by Crippen LogP contribution is 2.38. The molecule has 2 saturated heterocycles. The van der Waals surface area contributed by atoms with E-state index in [1.165, 1.54) is 17.0 Å². The van der Waals surface area contributed by atoms with Crippen LogP contribution in [0.5, 0.6) is 5.75 Å². The number of phenolic OH excluding ortho intramolecular Hbond substituents is 1. The minimum absolute atomic E-state index is 0.0848. The van der Waals surface area contributed by atoms with Crippen LogP contribution in [0.1, 0.15) is 50.6 Å². The first kappa shape index (κ1) is 28.4. The highest BCUT2D eigenvalue weighted by atomic mass is 32.1. The number of nitrogens with one attached hydrogen (secondary N) is 1. The van der Waals surface area contributed by atoms with Crippen molar-refractivity contribution >= 4 is 51.6 Å². The Morgan fingerprint density at radius 1 is 1.14 bits per heavy atom. The number of nitrogens with two attached hydrogens (primary N) is 1. The zero-order chi connectivity index (χ0) is 30.2. The molecular weight excluding hydrogens is 576 g/mol. The summed E-state index contributed by atoms with van der Waals surface area (Å²) in [5.74, 6) is -2.70. The van der Waals surface area contributed by atoms with E-state index in [4.69, 9.17) is 10.6 Å². The Morgan fingerprint density at radius 3 is 2.56 bits per heavy atom. The maximum absolute atomic E-state index is 13.3. The minimum Gasteiger partial charge on any atom is -0.508 e. The number of β-lactam (4-membered cyclic amide) rings is 1. The summed E-state index contributed by atoms with van der Waals surface area (Å²) < 4.78 is 0. The fraction of sp³-hybridized carbons (Fsp3) is 0.379. The number of hydrogen-bond acceptors (Lipinski definition) is 10. The van der Waals surface area contributed by atoms with Crippen molar-refractivity contribution in [1.29, 1.82) is 0 Å². The third-order valence-corrected chi connectivity index (χ3v) is 8.85. The van der Waals surface area contributed by atoms with Crippen LogP contribution < -0.4 is 16.0 Å². The monoisotopic (exact) mass is 606 g/mol. The Bertz CT molecular complexity index is 1570. The van der Waals surface area contributed by atoms with Crippen LogP contribution in [0.3, 0.4) is 0 Å². The van der Waals surface area contributed by atoms with Gasteiger partial charge in [0, 0.05) is 23.2 Å². The Labute approximate surface area is 250 Å². The lowest BCUT2D eigenvalue weighted by atomic mass is 9.82. The second kappa shape index (κ2) is 11.5. The summed E-state index contributed by atoms with van der Waals surface area (Å²) >= 11 is 1.14. The van der Waals surface area contributed by atoms with Gasteiger partial charge < -0.3 is 31.0 Å². The van der Waals surface area contributed by atoms with Crippen molar-refractivity contribution in [3.8, 4) is 5.75 Å². The highest BCUT2D eigenvalue weighted by molar-refractivity contribution is 7.13. The van der Waals surface area contributed by atoms with Gasteiger partial charge >= 0.3 is 5.97 Å². The predicted octanol–water partition coefficient (Wildman–Crippen LogP) is 2.29. The molecule has 224 valence electrons. The SMILES string of the molecule is Nc1nc(C(=NOC2CCCC2)C(=O)N[C@@H]2C(=O)N3C(C(=O)O)=C(C=C4CCN(c5ccc(O)cc5)C4=O)CC[C@H]23)cs1. The van der Waals surface area contributed by atoms with Crippen LogP contribution in [-0.4, -0.2) is 74.2 Å². The molecule has 1 aromatic heterocycles. The second-order valence-electron chi connectivity index (χ2n) is 10.9. The third-order valence-electron chi connectivity index (χ3n) is 8.17. The maximum Gasteiger partial charge on any atom is 0.352 e. The molecule has 5 N–H and O–H groups in total. The molecule has 4 aliphatic rings. The van der Waals surface area contributed by atoms with Crippen LogP contribution in [0.15, 0.2) is 57.7 Å². The third kappa shape index (κ3) is 5.45. The summed E-state index contributed by atoms with van der Waals surface area (Å²) in [5.41, 5.74) is 7.14. The van der Waals surface area contributed by atoms with Crippen molar-refractivity contribution in [2.75, 3.05) is 17.2 Å². The molecule has 3 fully saturated rings. The fourth-order valence-electron chi connectivity index (χ4n) is 6.00. The maximum atomic E-state index is 13.3.